The molecule has 0 amide bonds. The molecule has 0 aliphatic rings. The summed E-state index contributed by atoms with van der Waals surface area (Å²) >= 11 is 0. The van der Waals surface area contributed by atoms with Crippen LogP contribution in [0.25, 0.3) is 0 Å². The fourth-order valence-electron chi connectivity index (χ4n) is 1.55. The standard InChI is InChI=1S/C14H23NO4S/c1-11(2)9-19-10-13(16)8-15-12-4-6-14(7-5-12)20(3,17)18/h4-7,11,13,15-16H,8-10H2,1-3H3. The molecule has 5 nitrogen and oxygen atoms in total. The number of anilines is 1. The molecule has 0 bridgehead atoms. The molecular weight excluding hydrogens is 278 g/mol. The molecule has 1 aromatic carbocycles. The van der Waals surface area contributed by atoms with Crippen molar-refractivity contribution in [3.05, 3.63) is 24.3 Å². The fraction of sp³-hybridized carbons (Fsp3) is 0.571. The highest BCUT2D eigenvalue weighted by Crippen LogP contribution is 2.13. The molecule has 0 spiro atoms. The molecule has 2 N–H and O–H groups in total. The normalized spacial score (nSPS) is 13.4. The SMILES string of the molecule is CC(C)COCC(O)CNc1ccc(S(C)(=O)=O)cc1. The van der Waals surface area contributed by atoms with Crippen molar-refractivity contribution in [2.24, 2.45) is 5.92 Å². The summed E-state index contributed by atoms with van der Waals surface area (Å²) in [5.41, 5.74) is 0.764. The van der Waals surface area contributed by atoms with Gasteiger partial charge in [0, 0.05) is 25.1 Å². The first kappa shape index (κ1) is 16.9. The van der Waals surface area contributed by atoms with E-state index in [2.05, 4.69) is 5.32 Å². The Hall–Kier alpha value is -1.11. The topological polar surface area (TPSA) is 75.6 Å². The van der Waals surface area contributed by atoms with E-state index in [1.165, 1.54) is 6.26 Å². The third-order valence-corrected chi connectivity index (χ3v) is 3.71. The zero-order valence-electron chi connectivity index (χ0n) is 12.2. The molecule has 1 atom stereocenters. The molecule has 0 aliphatic carbocycles. The smallest absolute Gasteiger partial charge is 0.175 e. The maximum Gasteiger partial charge on any atom is 0.175 e. The number of ether oxygens (including phenoxy) is 1. The van der Waals surface area contributed by atoms with Gasteiger partial charge < -0.3 is 15.2 Å². The number of rotatable bonds is 8. The van der Waals surface area contributed by atoms with E-state index in [9.17, 15) is 13.5 Å². The van der Waals surface area contributed by atoms with Crippen LogP contribution in [0.5, 0.6) is 0 Å². The number of sulfone groups is 1. The van der Waals surface area contributed by atoms with E-state index in [-0.39, 0.29) is 11.5 Å². The van der Waals surface area contributed by atoms with Gasteiger partial charge >= 0.3 is 0 Å². The number of benzene rings is 1. The van der Waals surface area contributed by atoms with Gasteiger partial charge in [0.05, 0.1) is 17.6 Å². The molecule has 0 aliphatic heterocycles. The van der Waals surface area contributed by atoms with Crippen molar-refractivity contribution >= 4 is 15.5 Å². The Morgan fingerprint density at radius 3 is 2.30 bits per heavy atom. The molecule has 0 saturated carbocycles. The highest BCUT2D eigenvalue weighted by molar-refractivity contribution is 7.90. The summed E-state index contributed by atoms with van der Waals surface area (Å²) in [6, 6.07) is 6.44. The van der Waals surface area contributed by atoms with Crippen LogP contribution in [0, 0.1) is 5.92 Å². The minimum atomic E-state index is -3.17. The van der Waals surface area contributed by atoms with Gasteiger partial charge in [-0.3, -0.25) is 0 Å². The summed E-state index contributed by atoms with van der Waals surface area (Å²) in [6.07, 6.45) is 0.578. The molecule has 1 unspecified atom stereocenters. The molecule has 6 heteroatoms. The molecule has 0 radical (unpaired) electrons. The summed E-state index contributed by atoms with van der Waals surface area (Å²) in [6.45, 7) is 5.37. The van der Waals surface area contributed by atoms with E-state index in [0.29, 0.717) is 19.1 Å². The second-order valence-corrected chi connectivity index (χ2v) is 7.28. The predicted molar refractivity (Wildman–Crippen MR) is 79.7 cm³/mol. The van der Waals surface area contributed by atoms with Crippen LogP contribution in [0.1, 0.15) is 13.8 Å². The lowest BCUT2D eigenvalue weighted by Crippen LogP contribution is -2.25. The fourth-order valence-corrected chi connectivity index (χ4v) is 2.18. The second kappa shape index (κ2) is 7.61. The first-order valence-corrected chi connectivity index (χ1v) is 8.48. The van der Waals surface area contributed by atoms with E-state index in [1.54, 1.807) is 24.3 Å². The summed E-state index contributed by atoms with van der Waals surface area (Å²) in [4.78, 5) is 0.281. The van der Waals surface area contributed by atoms with Crippen molar-refractivity contribution in [3.63, 3.8) is 0 Å². The summed E-state index contributed by atoms with van der Waals surface area (Å²) in [7, 11) is -3.17. The first-order valence-electron chi connectivity index (χ1n) is 6.59. The molecule has 1 rings (SSSR count). The van der Waals surface area contributed by atoms with Gasteiger partial charge in [0.25, 0.3) is 0 Å². The Morgan fingerprint density at radius 2 is 1.80 bits per heavy atom. The number of hydrogen-bond donors (Lipinski definition) is 2. The van der Waals surface area contributed by atoms with Crippen molar-refractivity contribution in [3.8, 4) is 0 Å². The van der Waals surface area contributed by atoms with Gasteiger partial charge in [-0.1, -0.05) is 13.8 Å². The van der Waals surface area contributed by atoms with Crippen molar-refractivity contribution in [2.75, 3.05) is 31.3 Å². The van der Waals surface area contributed by atoms with Gasteiger partial charge in [0.15, 0.2) is 9.84 Å². The molecule has 0 heterocycles. The zero-order valence-corrected chi connectivity index (χ0v) is 13.0. The van der Waals surface area contributed by atoms with Crippen LogP contribution in [0.3, 0.4) is 0 Å². The number of aliphatic hydroxyl groups excluding tert-OH is 1. The average molecular weight is 301 g/mol. The monoisotopic (exact) mass is 301 g/mol. The summed E-state index contributed by atoms with van der Waals surface area (Å²) in [5.74, 6) is 0.443. The van der Waals surface area contributed by atoms with Gasteiger partial charge in [-0.05, 0) is 30.2 Å². The number of aliphatic hydroxyl groups is 1. The molecule has 0 aromatic heterocycles. The maximum atomic E-state index is 11.3. The quantitative estimate of drug-likeness (QED) is 0.761. The largest absolute Gasteiger partial charge is 0.389 e. The third kappa shape index (κ3) is 6.36. The Bertz CT molecular complexity index is 496. The van der Waals surface area contributed by atoms with Crippen molar-refractivity contribution in [1.82, 2.24) is 0 Å². The lowest BCUT2D eigenvalue weighted by molar-refractivity contribution is 0.0318. The minimum absolute atomic E-state index is 0.281. The molecular formula is C14H23NO4S. The van der Waals surface area contributed by atoms with E-state index < -0.39 is 15.9 Å². The van der Waals surface area contributed by atoms with Crippen LogP contribution in [-0.2, 0) is 14.6 Å². The van der Waals surface area contributed by atoms with Crippen molar-refractivity contribution in [1.29, 1.82) is 0 Å². The van der Waals surface area contributed by atoms with Crippen molar-refractivity contribution in [2.45, 2.75) is 24.8 Å². The Labute approximate surface area is 120 Å². The van der Waals surface area contributed by atoms with Gasteiger partial charge in [0.1, 0.15) is 0 Å². The van der Waals surface area contributed by atoms with Gasteiger partial charge in [-0.25, -0.2) is 8.42 Å². The van der Waals surface area contributed by atoms with Crippen LogP contribution in [0.15, 0.2) is 29.2 Å². The molecule has 1 aromatic rings. The Balaban J connectivity index is 2.38. The van der Waals surface area contributed by atoms with E-state index >= 15 is 0 Å². The third-order valence-electron chi connectivity index (χ3n) is 2.59. The highest BCUT2D eigenvalue weighted by atomic mass is 32.2. The summed E-state index contributed by atoms with van der Waals surface area (Å²) < 4.78 is 28.0. The van der Waals surface area contributed by atoms with Gasteiger partial charge in [-0.15, -0.1) is 0 Å². The number of nitrogens with one attached hydrogen (secondary N) is 1. The summed E-state index contributed by atoms with van der Waals surface area (Å²) in [5, 5.41) is 12.8. The average Bonchev–Trinajstić information content (AvgIpc) is 2.35. The predicted octanol–water partition coefficient (Wildman–Crippen LogP) is 1.54. The van der Waals surface area contributed by atoms with Crippen LogP contribution >= 0.6 is 0 Å². The Morgan fingerprint density at radius 1 is 1.20 bits per heavy atom. The maximum absolute atomic E-state index is 11.3. The highest BCUT2D eigenvalue weighted by Gasteiger charge is 2.07. The minimum Gasteiger partial charge on any atom is -0.389 e. The molecule has 114 valence electrons. The van der Waals surface area contributed by atoms with Gasteiger partial charge in [-0.2, -0.15) is 0 Å². The van der Waals surface area contributed by atoms with E-state index in [4.69, 9.17) is 4.74 Å². The molecule has 0 fully saturated rings. The molecule has 20 heavy (non-hydrogen) atoms. The Kier molecular flexibility index (Phi) is 6.45. The van der Waals surface area contributed by atoms with Crippen LogP contribution < -0.4 is 5.32 Å². The lowest BCUT2D eigenvalue weighted by atomic mass is 10.2. The lowest BCUT2D eigenvalue weighted by Gasteiger charge is -2.14. The van der Waals surface area contributed by atoms with Crippen LogP contribution in [0.2, 0.25) is 0 Å². The van der Waals surface area contributed by atoms with Gasteiger partial charge in [0.2, 0.25) is 0 Å². The van der Waals surface area contributed by atoms with Crippen molar-refractivity contribution < 1.29 is 18.3 Å². The second-order valence-electron chi connectivity index (χ2n) is 5.26. The number of hydrogen-bond acceptors (Lipinski definition) is 5. The molecule has 0 saturated heterocycles. The van der Waals surface area contributed by atoms with Crippen LogP contribution in [-0.4, -0.2) is 45.6 Å². The first-order chi connectivity index (χ1) is 9.29. The zero-order chi connectivity index (χ0) is 15.2. The van der Waals surface area contributed by atoms with Crippen LogP contribution in [0.4, 0.5) is 5.69 Å². The van der Waals surface area contributed by atoms with E-state index in [1.807, 2.05) is 13.8 Å². The van der Waals surface area contributed by atoms with E-state index in [0.717, 1.165) is 5.69 Å².